The number of carbonyl (C=O) groups excluding carboxylic acids is 1. The third-order valence-electron chi connectivity index (χ3n) is 6.38. The van der Waals surface area contributed by atoms with Crippen molar-refractivity contribution in [2.24, 2.45) is 5.92 Å². The summed E-state index contributed by atoms with van der Waals surface area (Å²) in [6, 6.07) is 4.47. The van der Waals surface area contributed by atoms with E-state index in [4.69, 9.17) is 9.47 Å². The summed E-state index contributed by atoms with van der Waals surface area (Å²) in [5, 5.41) is 21.7. The Labute approximate surface area is 197 Å². The van der Waals surface area contributed by atoms with Gasteiger partial charge in [0.05, 0.1) is 30.8 Å². The summed E-state index contributed by atoms with van der Waals surface area (Å²) >= 11 is 0. The zero-order valence-electron chi connectivity index (χ0n) is 19.2. The number of amides is 1. The van der Waals surface area contributed by atoms with Crippen molar-refractivity contribution in [1.82, 2.24) is 4.98 Å². The summed E-state index contributed by atoms with van der Waals surface area (Å²) in [4.78, 5) is 17.0. The number of anilines is 1. The Balaban J connectivity index is 1.99. The van der Waals surface area contributed by atoms with E-state index in [1.165, 1.54) is 26.0 Å². The van der Waals surface area contributed by atoms with Crippen molar-refractivity contribution >= 4 is 11.6 Å². The van der Waals surface area contributed by atoms with Crippen molar-refractivity contribution in [2.75, 3.05) is 12.4 Å². The lowest BCUT2D eigenvalue weighted by molar-refractivity contribution is -0.272. The minimum Gasteiger partial charge on any atom is -0.493 e. The molecule has 7 nitrogen and oxygen atoms in total. The lowest BCUT2D eigenvalue weighted by Crippen LogP contribution is -2.47. The molecule has 2 heterocycles. The topological polar surface area (TPSA) is 101 Å². The molecule has 3 N–H and O–H groups in total. The molecular formula is C23H25F5N2O5. The van der Waals surface area contributed by atoms with E-state index in [-0.39, 0.29) is 16.9 Å². The second-order valence-electron chi connectivity index (χ2n) is 8.59. The van der Waals surface area contributed by atoms with Gasteiger partial charge >= 0.3 is 6.18 Å². The standard InChI is InChI=1S/C23H25F5N2O5/c1-10-16(13-6-7-14(24)17(25)19(13)34-4)20(35-22(10,3)23(26,27)28)21(33)30-12-5-8-15(29-9-12)18(32)11(2)31/h5-11,16,18,20,31-32H,1-4H3,(H,30,33)/t10-,11-,16-,18+,20+,22+/m0/s1. The summed E-state index contributed by atoms with van der Waals surface area (Å²) in [7, 11) is 1.04. The highest BCUT2D eigenvalue weighted by Gasteiger charge is 2.65. The van der Waals surface area contributed by atoms with Crippen LogP contribution in [0.2, 0.25) is 0 Å². The molecule has 1 amide bonds. The van der Waals surface area contributed by atoms with Gasteiger partial charge in [-0.2, -0.15) is 17.6 Å². The zero-order valence-corrected chi connectivity index (χ0v) is 19.2. The largest absolute Gasteiger partial charge is 0.493 e. The molecule has 1 aliphatic heterocycles. The third-order valence-corrected chi connectivity index (χ3v) is 6.38. The van der Waals surface area contributed by atoms with E-state index in [0.29, 0.717) is 0 Å². The van der Waals surface area contributed by atoms with Crippen molar-refractivity contribution in [3.05, 3.63) is 53.4 Å². The highest BCUT2D eigenvalue weighted by Crippen LogP contribution is 2.55. The number of pyridine rings is 1. The number of nitrogens with one attached hydrogen (secondary N) is 1. The van der Waals surface area contributed by atoms with Crippen LogP contribution in [0.25, 0.3) is 0 Å². The van der Waals surface area contributed by atoms with E-state index >= 15 is 0 Å². The minimum atomic E-state index is -4.88. The van der Waals surface area contributed by atoms with Crippen LogP contribution in [-0.4, -0.2) is 52.2 Å². The lowest BCUT2D eigenvalue weighted by atomic mass is 9.77. The van der Waals surface area contributed by atoms with Crippen LogP contribution < -0.4 is 10.1 Å². The van der Waals surface area contributed by atoms with Crippen LogP contribution in [0.1, 0.15) is 44.1 Å². The van der Waals surface area contributed by atoms with Crippen molar-refractivity contribution in [3.8, 4) is 5.75 Å². The highest BCUT2D eigenvalue weighted by atomic mass is 19.4. The van der Waals surface area contributed by atoms with Crippen molar-refractivity contribution < 1.29 is 46.4 Å². The smallest absolute Gasteiger partial charge is 0.417 e. The molecule has 12 heteroatoms. The first kappa shape index (κ1) is 26.8. The average molecular weight is 504 g/mol. The first-order valence-electron chi connectivity index (χ1n) is 10.6. The van der Waals surface area contributed by atoms with Crippen molar-refractivity contribution in [1.29, 1.82) is 0 Å². The fraction of sp³-hybridized carbons (Fsp3) is 0.478. The number of hydrogen-bond donors (Lipinski definition) is 3. The molecule has 0 unspecified atom stereocenters. The molecule has 1 saturated heterocycles. The maximum Gasteiger partial charge on any atom is 0.417 e. The van der Waals surface area contributed by atoms with E-state index in [0.717, 1.165) is 32.4 Å². The molecule has 1 fully saturated rings. The Morgan fingerprint density at radius 2 is 1.89 bits per heavy atom. The maximum absolute atomic E-state index is 14.4. The summed E-state index contributed by atoms with van der Waals surface area (Å²) in [6.07, 6.45) is -7.88. The van der Waals surface area contributed by atoms with Gasteiger partial charge in [-0.1, -0.05) is 13.0 Å². The van der Waals surface area contributed by atoms with Crippen molar-refractivity contribution in [3.63, 3.8) is 0 Å². The number of ether oxygens (including phenoxy) is 2. The van der Waals surface area contributed by atoms with Gasteiger partial charge in [0, 0.05) is 17.4 Å². The van der Waals surface area contributed by atoms with E-state index in [2.05, 4.69) is 10.3 Å². The summed E-state index contributed by atoms with van der Waals surface area (Å²) < 4.78 is 80.3. The number of hydrogen-bond acceptors (Lipinski definition) is 6. The number of halogens is 5. The Morgan fingerprint density at radius 3 is 2.40 bits per heavy atom. The number of benzene rings is 1. The molecule has 1 aromatic carbocycles. The van der Waals surface area contributed by atoms with Gasteiger partial charge in [0.25, 0.3) is 5.91 Å². The normalized spacial score (nSPS) is 26.3. The maximum atomic E-state index is 14.4. The first-order valence-corrected chi connectivity index (χ1v) is 10.6. The quantitative estimate of drug-likeness (QED) is 0.517. The van der Waals surface area contributed by atoms with Crippen LogP contribution in [0.15, 0.2) is 30.5 Å². The Morgan fingerprint density at radius 1 is 1.23 bits per heavy atom. The fourth-order valence-corrected chi connectivity index (χ4v) is 4.15. The Bertz CT molecular complexity index is 1080. The molecule has 35 heavy (non-hydrogen) atoms. The fourth-order valence-electron chi connectivity index (χ4n) is 4.15. The van der Waals surface area contributed by atoms with Crippen LogP contribution >= 0.6 is 0 Å². The lowest BCUT2D eigenvalue weighted by Gasteiger charge is -2.32. The summed E-state index contributed by atoms with van der Waals surface area (Å²) in [5.41, 5.74) is -2.75. The van der Waals surface area contributed by atoms with Gasteiger partial charge in [-0.3, -0.25) is 9.78 Å². The van der Waals surface area contributed by atoms with E-state index in [9.17, 15) is 37.0 Å². The highest BCUT2D eigenvalue weighted by molar-refractivity contribution is 5.95. The van der Waals surface area contributed by atoms with Crippen molar-refractivity contribution in [2.45, 2.75) is 56.8 Å². The van der Waals surface area contributed by atoms with E-state index in [1.54, 1.807) is 0 Å². The molecule has 0 radical (unpaired) electrons. The van der Waals surface area contributed by atoms with Gasteiger partial charge in [0.2, 0.25) is 5.82 Å². The van der Waals surface area contributed by atoms with Crippen LogP contribution in [0, 0.1) is 17.6 Å². The van der Waals surface area contributed by atoms with E-state index < -0.39 is 65.2 Å². The predicted octanol–water partition coefficient (Wildman–Crippen LogP) is 3.86. The Kier molecular flexibility index (Phi) is 7.39. The molecule has 0 bridgehead atoms. The number of alkyl halides is 3. The Hall–Kier alpha value is -2.83. The average Bonchev–Trinajstić information content (AvgIpc) is 3.07. The van der Waals surface area contributed by atoms with E-state index in [1.807, 2.05) is 0 Å². The van der Waals surface area contributed by atoms with Crippen LogP contribution in [-0.2, 0) is 9.53 Å². The van der Waals surface area contributed by atoms with Gasteiger partial charge in [-0.25, -0.2) is 4.39 Å². The molecular weight excluding hydrogens is 479 g/mol. The molecule has 3 rings (SSSR count). The second-order valence-corrected chi connectivity index (χ2v) is 8.59. The monoisotopic (exact) mass is 504 g/mol. The molecule has 6 atom stereocenters. The predicted molar refractivity (Wildman–Crippen MR) is 114 cm³/mol. The molecule has 0 aliphatic carbocycles. The van der Waals surface area contributed by atoms with Crippen LogP contribution in [0.4, 0.5) is 27.6 Å². The molecule has 192 valence electrons. The minimum absolute atomic E-state index is 0.0735. The molecule has 2 aromatic rings. The summed E-state index contributed by atoms with van der Waals surface area (Å²) in [6.45, 7) is 3.35. The molecule has 0 saturated carbocycles. The number of aliphatic hydroxyl groups excluding tert-OH is 2. The summed E-state index contributed by atoms with van der Waals surface area (Å²) in [5.74, 6) is -6.99. The SMILES string of the molecule is COc1c([C@H]2[C@H](C(=O)Nc3ccc([C@H](O)[C@H](C)O)nc3)O[C@@](C)(C(F)(F)F)[C@H]2C)ccc(F)c1F. The van der Waals surface area contributed by atoms with Gasteiger partial charge in [0.1, 0.15) is 12.2 Å². The molecule has 0 spiro atoms. The zero-order chi connectivity index (χ0) is 26.3. The van der Waals surface area contributed by atoms with Crippen LogP contribution in [0.5, 0.6) is 5.75 Å². The number of nitrogens with zero attached hydrogens (tertiary/aromatic N) is 1. The molecule has 1 aliphatic rings. The number of aromatic nitrogens is 1. The van der Waals surface area contributed by atoms with Gasteiger partial charge < -0.3 is 25.0 Å². The van der Waals surface area contributed by atoms with Gasteiger partial charge in [-0.05, 0) is 32.0 Å². The van der Waals surface area contributed by atoms with Gasteiger partial charge in [-0.15, -0.1) is 0 Å². The second kappa shape index (κ2) is 9.67. The number of aliphatic hydroxyl groups is 2. The van der Waals surface area contributed by atoms with Crippen LogP contribution in [0.3, 0.4) is 0 Å². The third kappa shape index (κ3) is 4.82. The van der Waals surface area contributed by atoms with Gasteiger partial charge in [0.15, 0.2) is 17.2 Å². The number of carbonyl (C=O) groups is 1. The first-order chi connectivity index (χ1) is 16.2. The number of methoxy groups -OCH3 is 1. The molecule has 1 aromatic heterocycles. The number of rotatable bonds is 6.